The number of aliphatic hydroxyl groups is 1. The van der Waals surface area contributed by atoms with Gasteiger partial charge in [-0.3, -0.25) is 0 Å². The summed E-state index contributed by atoms with van der Waals surface area (Å²) in [6.45, 7) is 2.09. The van der Waals surface area contributed by atoms with Gasteiger partial charge in [0.15, 0.2) is 0 Å². The number of hydrogen-bond acceptors (Lipinski definition) is 5. The summed E-state index contributed by atoms with van der Waals surface area (Å²) in [5.74, 6) is 0.578. The van der Waals surface area contributed by atoms with Crippen LogP contribution in [0.4, 0.5) is 5.69 Å². The highest BCUT2D eigenvalue weighted by Gasteiger charge is 2.10. The number of benzene rings is 1. The minimum absolute atomic E-state index is 0.142. The largest absolute Gasteiger partial charge is 0.465 e. The van der Waals surface area contributed by atoms with E-state index in [2.05, 4.69) is 4.74 Å². The minimum atomic E-state index is -0.373. The molecule has 1 aromatic carbocycles. The minimum Gasteiger partial charge on any atom is -0.465 e. The van der Waals surface area contributed by atoms with Gasteiger partial charge in [0, 0.05) is 22.9 Å². The lowest BCUT2D eigenvalue weighted by Gasteiger charge is -2.10. The number of ether oxygens (including phenoxy) is 1. The van der Waals surface area contributed by atoms with Crippen molar-refractivity contribution in [2.24, 2.45) is 5.92 Å². The molecule has 1 unspecified atom stereocenters. The second kappa shape index (κ2) is 6.51. The highest BCUT2D eigenvalue weighted by atomic mass is 32.2. The highest BCUT2D eigenvalue weighted by molar-refractivity contribution is 7.99. The van der Waals surface area contributed by atoms with E-state index in [-0.39, 0.29) is 18.5 Å². The number of carbonyl (C=O) groups excluding carboxylic acids is 1. The molecule has 17 heavy (non-hydrogen) atoms. The number of nitrogens with two attached hydrogens (primary N) is 1. The summed E-state index contributed by atoms with van der Waals surface area (Å²) in [6, 6.07) is 5.05. The van der Waals surface area contributed by atoms with E-state index in [4.69, 9.17) is 10.8 Å². The smallest absolute Gasteiger partial charge is 0.337 e. The van der Waals surface area contributed by atoms with Gasteiger partial charge in [0.1, 0.15) is 0 Å². The Morgan fingerprint density at radius 1 is 1.59 bits per heavy atom. The van der Waals surface area contributed by atoms with Gasteiger partial charge in [-0.1, -0.05) is 6.92 Å². The first-order valence-corrected chi connectivity index (χ1v) is 6.28. The Balaban J connectivity index is 2.80. The topological polar surface area (TPSA) is 72.5 Å². The molecule has 1 rings (SSSR count). The fourth-order valence-electron chi connectivity index (χ4n) is 1.19. The van der Waals surface area contributed by atoms with Crippen molar-refractivity contribution in [3.05, 3.63) is 23.8 Å². The molecule has 0 spiro atoms. The van der Waals surface area contributed by atoms with Crippen LogP contribution < -0.4 is 5.73 Å². The second-order valence-corrected chi connectivity index (χ2v) is 4.90. The predicted molar refractivity (Wildman–Crippen MR) is 69.2 cm³/mol. The van der Waals surface area contributed by atoms with E-state index in [0.29, 0.717) is 11.3 Å². The summed E-state index contributed by atoms with van der Waals surface area (Å²) in [5, 5.41) is 8.94. The SMILES string of the molecule is COC(=O)c1ccc(N)c(SCC(C)CO)c1. The maximum atomic E-state index is 11.4. The molecule has 0 aromatic heterocycles. The third-order valence-electron chi connectivity index (χ3n) is 2.27. The molecular weight excluding hydrogens is 238 g/mol. The molecule has 3 N–H and O–H groups in total. The second-order valence-electron chi connectivity index (χ2n) is 3.84. The maximum Gasteiger partial charge on any atom is 0.337 e. The number of carbonyl (C=O) groups is 1. The summed E-state index contributed by atoms with van der Waals surface area (Å²) in [6.07, 6.45) is 0. The van der Waals surface area contributed by atoms with Crippen molar-refractivity contribution in [3.63, 3.8) is 0 Å². The van der Waals surface area contributed by atoms with Crippen LogP contribution in [-0.4, -0.2) is 30.5 Å². The molecule has 0 fully saturated rings. The Bertz CT molecular complexity index is 395. The zero-order valence-corrected chi connectivity index (χ0v) is 10.8. The number of methoxy groups -OCH3 is 1. The van der Waals surface area contributed by atoms with Crippen LogP contribution in [0, 0.1) is 5.92 Å². The van der Waals surface area contributed by atoms with E-state index in [1.165, 1.54) is 18.9 Å². The molecule has 1 atom stereocenters. The first kappa shape index (κ1) is 13.9. The number of thioether (sulfide) groups is 1. The number of rotatable bonds is 5. The molecular formula is C12H17NO3S. The number of anilines is 1. The van der Waals surface area contributed by atoms with Crippen molar-refractivity contribution >= 4 is 23.4 Å². The monoisotopic (exact) mass is 255 g/mol. The van der Waals surface area contributed by atoms with Gasteiger partial charge in [0.25, 0.3) is 0 Å². The summed E-state index contributed by atoms with van der Waals surface area (Å²) in [4.78, 5) is 12.2. The normalized spacial score (nSPS) is 12.2. The summed E-state index contributed by atoms with van der Waals surface area (Å²) < 4.78 is 4.65. The Labute approximate surface area is 105 Å². The quantitative estimate of drug-likeness (QED) is 0.476. The molecule has 4 nitrogen and oxygen atoms in total. The van der Waals surface area contributed by atoms with Gasteiger partial charge in [-0.25, -0.2) is 4.79 Å². The van der Waals surface area contributed by atoms with Crippen molar-refractivity contribution < 1.29 is 14.6 Å². The van der Waals surface area contributed by atoms with Gasteiger partial charge in [-0.15, -0.1) is 11.8 Å². The van der Waals surface area contributed by atoms with Crippen molar-refractivity contribution in [2.45, 2.75) is 11.8 Å². The van der Waals surface area contributed by atoms with E-state index in [9.17, 15) is 4.79 Å². The van der Waals surface area contributed by atoms with Gasteiger partial charge < -0.3 is 15.6 Å². The maximum absolute atomic E-state index is 11.4. The molecule has 0 aliphatic carbocycles. The average molecular weight is 255 g/mol. The molecule has 0 aliphatic heterocycles. The van der Waals surface area contributed by atoms with E-state index in [1.807, 2.05) is 6.92 Å². The molecule has 0 radical (unpaired) electrons. The van der Waals surface area contributed by atoms with E-state index < -0.39 is 0 Å². The van der Waals surface area contributed by atoms with E-state index in [0.717, 1.165) is 10.6 Å². The first-order valence-electron chi connectivity index (χ1n) is 5.30. The van der Waals surface area contributed by atoms with Crippen molar-refractivity contribution in [2.75, 3.05) is 25.2 Å². The van der Waals surface area contributed by atoms with Crippen LogP contribution in [0.5, 0.6) is 0 Å². The zero-order valence-electron chi connectivity index (χ0n) is 9.97. The van der Waals surface area contributed by atoms with Gasteiger partial charge in [0.05, 0.1) is 12.7 Å². The van der Waals surface area contributed by atoms with Crippen LogP contribution in [0.2, 0.25) is 0 Å². The van der Waals surface area contributed by atoms with Crippen LogP contribution in [0.15, 0.2) is 23.1 Å². The molecule has 0 amide bonds. The zero-order chi connectivity index (χ0) is 12.8. The van der Waals surface area contributed by atoms with Crippen molar-refractivity contribution in [3.8, 4) is 0 Å². The third kappa shape index (κ3) is 3.94. The lowest BCUT2D eigenvalue weighted by atomic mass is 10.2. The number of aliphatic hydroxyl groups excluding tert-OH is 1. The number of hydrogen-bond donors (Lipinski definition) is 2. The van der Waals surface area contributed by atoms with Crippen LogP contribution in [0.25, 0.3) is 0 Å². The van der Waals surface area contributed by atoms with Gasteiger partial charge >= 0.3 is 5.97 Å². The molecule has 94 valence electrons. The number of esters is 1. The van der Waals surface area contributed by atoms with E-state index in [1.54, 1.807) is 18.2 Å². The average Bonchev–Trinajstić information content (AvgIpc) is 2.36. The Morgan fingerprint density at radius 3 is 2.88 bits per heavy atom. The van der Waals surface area contributed by atoms with Crippen molar-refractivity contribution in [1.82, 2.24) is 0 Å². The Kier molecular flexibility index (Phi) is 5.31. The predicted octanol–water partition coefficient (Wildman–Crippen LogP) is 1.78. The molecule has 0 bridgehead atoms. The lowest BCUT2D eigenvalue weighted by molar-refractivity contribution is 0.0600. The highest BCUT2D eigenvalue weighted by Crippen LogP contribution is 2.27. The first-order chi connectivity index (χ1) is 8.08. The van der Waals surface area contributed by atoms with Gasteiger partial charge in [-0.2, -0.15) is 0 Å². The lowest BCUT2D eigenvalue weighted by Crippen LogP contribution is -2.05. The van der Waals surface area contributed by atoms with Gasteiger partial charge in [-0.05, 0) is 24.1 Å². The molecule has 1 aromatic rings. The van der Waals surface area contributed by atoms with Crippen LogP contribution in [-0.2, 0) is 4.74 Å². The molecule has 0 saturated heterocycles. The fraction of sp³-hybridized carbons (Fsp3) is 0.417. The molecule has 0 aliphatic rings. The summed E-state index contributed by atoms with van der Waals surface area (Å²) in [5.41, 5.74) is 6.94. The van der Waals surface area contributed by atoms with E-state index >= 15 is 0 Å². The molecule has 5 heteroatoms. The van der Waals surface area contributed by atoms with Crippen LogP contribution >= 0.6 is 11.8 Å². The van der Waals surface area contributed by atoms with Crippen molar-refractivity contribution in [1.29, 1.82) is 0 Å². The molecule has 0 heterocycles. The summed E-state index contributed by atoms with van der Waals surface area (Å²) >= 11 is 1.53. The Morgan fingerprint density at radius 2 is 2.29 bits per heavy atom. The van der Waals surface area contributed by atoms with Gasteiger partial charge in [0.2, 0.25) is 0 Å². The summed E-state index contributed by atoms with van der Waals surface area (Å²) in [7, 11) is 1.35. The number of nitrogen functional groups attached to an aromatic ring is 1. The molecule has 0 saturated carbocycles. The third-order valence-corrected chi connectivity index (χ3v) is 3.67. The van der Waals surface area contributed by atoms with Crippen LogP contribution in [0.1, 0.15) is 17.3 Å². The standard InChI is InChI=1S/C12H17NO3S/c1-8(6-14)7-17-11-5-9(12(15)16-2)3-4-10(11)13/h3-5,8,14H,6-7,13H2,1-2H3. The fourth-order valence-corrected chi connectivity index (χ4v) is 2.20. The van der Waals surface area contributed by atoms with Crippen LogP contribution in [0.3, 0.4) is 0 Å². The Hall–Kier alpha value is -1.20.